The summed E-state index contributed by atoms with van der Waals surface area (Å²) < 4.78 is 5.49. The fraction of sp³-hybridized carbons (Fsp3) is 0. The molecule has 4 N–H and O–H groups in total. The van der Waals surface area contributed by atoms with Crippen LogP contribution in [0.4, 0.5) is 5.69 Å². The van der Waals surface area contributed by atoms with Gasteiger partial charge in [-0.05, 0) is 24.3 Å². The zero-order valence-electron chi connectivity index (χ0n) is 12.4. The SMILES string of the molecule is C=C(O/C(=N\N)c1ccc(C(=O)O)cc1)c1cccc([N+](=O)O)c1. The maximum Gasteiger partial charge on any atom is 0.335 e. The quantitative estimate of drug-likeness (QED) is 0.254. The van der Waals surface area contributed by atoms with Crippen LogP contribution in [0.5, 0.6) is 0 Å². The topological polar surface area (TPSA) is 125 Å². The maximum absolute atomic E-state index is 10.9. The largest absolute Gasteiger partial charge is 0.478 e. The first-order chi connectivity index (χ1) is 11.4. The minimum absolute atomic E-state index is 0.00861. The van der Waals surface area contributed by atoms with Gasteiger partial charge in [-0.3, -0.25) is 0 Å². The summed E-state index contributed by atoms with van der Waals surface area (Å²) in [5.41, 5.74) is 1.01. The van der Waals surface area contributed by atoms with Crippen molar-refractivity contribution in [2.45, 2.75) is 0 Å². The van der Waals surface area contributed by atoms with E-state index in [2.05, 4.69) is 11.7 Å². The van der Waals surface area contributed by atoms with E-state index in [1.807, 2.05) is 0 Å². The number of benzene rings is 2. The average Bonchev–Trinajstić information content (AvgIpc) is 2.59. The van der Waals surface area contributed by atoms with Crippen molar-refractivity contribution in [1.29, 1.82) is 0 Å². The van der Waals surface area contributed by atoms with Crippen molar-refractivity contribution in [3.05, 3.63) is 76.7 Å². The normalized spacial score (nSPS) is 10.9. The molecule has 0 heterocycles. The lowest BCUT2D eigenvalue weighted by atomic mass is 10.1. The van der Waals surface area contributed by atoms with Gasteiger partial charge in [-0.1, -0.05) is 18.7 Å². The third-order valence-corrected chi connectivity index (χ3v) is 3.10. The van der Waals surface area contributed by atoms with Crippen LogP contribution < -0.4 is 5.84 Å². The number of carbonyl (C=O) groups is 1. The third kappa shape index (κ3) is 3.74. The second-order valence-electron chi connectivity index (χ2n) is 4.67. The number of nitrogens with zero attached hydrogens (tertiary/aromatic N) is 2. The molecule has 0 aliphatic carbocycles. The number of hydrogen-bond donors (Lipinski definition) is 3. The summed E-state index contributed by atoms with van der Waals surface area (Å²) in [6.07, 6.45) is 0. The summed E-state index contributed by atoms with van der Waals surface area (Å²) in [6, 6.07) is 11.7. The van der Waals surface area contributed by atoms with Gasteiger partial charge in [0.25, 0.3) is 4.92 Å². The highest BCUT2D eigenvalue weighted by Crippen LogP contribution is 2.21. The van der Waals surface area contributed by atoms with Crippen molar-refractivity contribution in [2.24, 2.45) is 10.9 Å². The van der Waals surface area contributed by atoms with Crippen LogP contribution in [0.2, 0.25) is 0 Å². The number of hydrogen-bond acceptors (Lipinski definition) is 5. The van der Waals surface area contributed by atoms with Gasteiger partial charge in [-0.25, -0.2) is 10.0 Å². The molecule has 0 bridgehead atoms. The molecule has 8 nitrogen and oxygen atoms in total. The molecule has 24 heavy (non-hydrogen) atoms. The van der Waals surface area contributed by atoms with E-state index in [1.54, 1.807) is 12.1 Å². The number of carboxylic acid groups (broad SMARTS) is 1. The zero-order valence-corrected chi connectivity index (χ0v) is 12.4. The molecule has 122 valence electrons. The molecule has 0 fully saturated rings. The van der Waals surface area contributed by atoms with Gasteiger partial charge in [0.2, 0.25) is 5.90 Å². The van der Waals surface area contributed by atoms with Gasteiger partial charge < -0.3 is 15.7 Å². The fourth-order valence-corrected chi connectivity index (χ4v) is 1.89. The van der Waals surface area contributed by atoms with Crippen molar-refractivity contribution in [1.82, 2.24) is 0 Å². The van der Waals surface area contributed by atoms with Gasteiger partial charge in [-0.15, -0.1) is 5.10 Å². The van der Waals surface area contributed by atoms with Gasteiger partial charge in [0.05, 0.1) is 10.5 Å². The van der Waals surface area contributed by atoms with E-state index in [-0.39, 0.29) is 27.8 Å². The lowest BCUT2D eigenvalue weighted by molar-refractivity contribution is -0.729. The predicted octanol–water partition coefficient (Wildman–Crippen LogP) is 2.49. The first-order valence-electron chi connectivity index (χ1n) is 6.67. The molecule has 0 saturated heterocycles. The third-order valence-electron chi connectivity index (χ3n) is 3.10. The van der Waals surface area contributed by atoms with Crippen molar-refractivity contribution < 1.29 is 24.8 Å². The van der Waals surface area contributed by atoms with Crippen LogP contribution in [-0.4, -0.2) is 27.1 Å². The highest BCUT2D eigenvalue weighted by molar-refractivity contribution is 5.98. The zero-order chi connectivity index (χ0) is 17.7. The number of nitrogens with two attached hydrogens (primary N) is 1. The molecule has 0 aromatic heterocycles. The van der Waals surface area contributed by atoms with Crippen molar-refractivity contribution >= 4 is 23.3 Å². The average molecular weight is 328 g/mol. The summed E-state index contributed by atoms with van der Waals surface area (Å²) in [5, 5.41) is 21.3. The molecule has 2 rings (SSSR count). The monoisotopic (exact) mass is 328 g/mol. The Hall–Kier alpha value is -3.68. The van der Waals surface area contributed by atoms with E-state index in [1.165, 1.54) is 36.4 Å². The summed E-state index contributed by atoms with van der Waals surface area (Å²) in [6.45, 7) is 3.73. The Morgan fingerprint density at radius 1 is 1.12 bits per heavy atom. The van der Waals surface area contributed by atoms with Crippen molar-refractivity contribution in [3.8, 4) is 0 Å². The predicted molar refractivity (Wildman–Crippen MR) is 85.8 cm³/mol. The van der Waals surface area contributed by atoms with Crippen LogP contribution in [-0.2, 0) is 4.74 Å². The molecule has 0 saturated carbocycles. The number of carboxylic acids is 1. The van der Waals surface area contributed by atoms with E-state index in [9.17, 15) is 9.70 Å². The lowest BCUT2D eigenvalue weighted by Crippen LogP contribution is -2.09. The molecule has 2 aromatic rings. The first-order valence-corrected chi connectivity index (χ1v) is 6.67. The number of aromatic carboxylic acids is 1. The van der Waals surface area contributed by atoms with Crippen LogP contribution in [0.3, 0.4) is 0 Å². The molecule has 0 atom stereocenters. The van der Waals surface area contributed by atoms with E-state index < -0.39 is 5.97 Å². The second-order valence-corrected chi connectivity index (χ2v) is 4.67. The molecule has 0 aliphatic heterocycles. The molecule has 0 aliphatic rings. The molecule has 0 unspecified atom stereocenters. The Bertz CT molecular complexity index is 828. The van der Waals surface area contributed by atoms with Gasteiger partial charge in [0.1, 0.15) is 5.76 Å². The molecule has 0 amide bonds. The Morgan fingerprint density at radius 3 is 2.29 bits per heavy atom. The van der Waals surface area contributed by atoms with Gasteiger partial charge >= 0.3 is 11.7 Å². The fourth-order valence-electron chi connectivity index (χ4n) is 1.89. The van der Waals surface area contributed by atoms with Gasteiger partial charge in [0, 0.05) is 23.3 Å². The lowest BCUT2D eigenvalue weighted by Gasteiger charge is -2.10. The molecular formula is C16H14N3O5+. The van der Waals surface area contributed by atoms with Gasteiger partial charge in [0.15, 0.2) is 0 Å². The Balaban J connectivity index is 2.21. The summed E-state index contributed by atoms with van der Waals surface area (Å²) in [5.74, 6) is 4.42. The standard InChI is InChI=1S/C16H13N3O5/c1-10(13-3-2-4-14(9-13)19(22)23)24-15(18-17)11-5-7-12(8-6-11)16(20)21/h2-9H,1,17H2,(H-,20,21,22,23)/p+1/b18-15-. The van der Waals surface area contributed by atoms with Gasteiger partial charge in [-0.2, -0.15) is 0 Å². The Labute approximate surface area is 136 Å². The Kier molecular flexibility index (Phi) is 4.90. The summed E-state index contributed by atoms with van der Waals surface area (Å²) in [4.78, 5) is 21.5. The molecule has 8 heteroatoms. The highest BCUT2D eigenvalue weighted by Gasteiger charge is 2.15. The molecule has 0 spiro atoms. The first kappa shape index (κ1) is 16.7. The highest BCUT2D eigenvalue weighted by atomic mass is 16.6. The smallest absolute Gasteiger partial charge is 0.335 e. The summed E-state index contributed by atoms with van der Waals surface area (Å²) in [7, 11) is 0. The van der Waals surface area contributed by atoms with Crippen molar-refractivity contribution in [2.75, 3.05) is 0 Å². The van der Waals surface area contributed by atoms with E-state index >= 15 is 0 Å². The molecule has 2 aromatic carbocycles. The van der Waals surface area contributed by atoms with E-state index in [0.29, 0.717) is 11.1 Å². The molecular weight excluding hydrogens is 314 g/mol. The van der Waals surface area contributed by atoms with Crippen LogP contribution in [0.15, 0.2) is 60.2 Å². The minimum atomic E-state index is -1.05. The summed E-state index contributed by atoms with van der Waals surface area (Å²) >= 11 is 0. The van der Waals surface area contributed by atoms with Crippen molar-refractivity contribution in [3.63, 3.8) is 0 Å². The number of hydrazone groups is 1. The minimum Gasteiger partial charge on any atom is -0.478 e. The second kappa shape index (κ2) is 7.05. The van der Waals surface area contributed by atoms with Crippen LogP contribution in [0, 0.1) is 4.91 Å². The van der Waals surface area contributed by atoms with Crippen LogP contribution in [0.25, 0.3) is 5.76 Å². The maximum atomic E-state index is 10.9. The number of ether oxygens (including phenoxy) is 1. The van der Waals surface area contributed by atoms with E-state index in [0.717, 1.165) is 0 Å². The molecule has 0 radical (unpaired) electrons. The number of rotatable bonds is 5. The van der Waals surface area contributed by atoms with Crippen LogP contribution in [0.1, 0.15) is 21.5 Å². The Morgan fingerprint density at radius 2 is 1.75 bits per heavy atom. The van der Waals surface area contributed by atoms with E-state index in [4.69, 9.17) is 20.9 Å². The van der Waals surface area contributed by atoms with Crippen LogP contribution >= 0.6 is 0 Å².